The van der Waals surface area contributed by atoms with Crippen molar-refractivity contribution in [1.82, 2.24) is 4.90 Å². The van der Waals surface area contributed by atoms with Crippen LogP contribution >= 0.6 is 0 Å². The van der Waals surface area contributed by atoms with Crippen LogP contribution in [0.15, 0.2) is 30.3 Å². The molecule has 0 spiro atoms. The third-order valence-corrected chi connectivity index (χ3v) is 5.24. The van der Waals surface area contributed by atoms with Crippen LogP contribution in [0.1, 0.15) is 64.9 Å². The number of aliphatic carboxylic acids is 1. The van der Waals surface area contributed by atoms with Crippen LogP contribution in [0.25, 0.3) is 0 Å². The van der Waals surface area contributed by atoms with Gasteiger partial charge in [-0.05, 0) is 39.2 Å². The number of rotatable bonds is 8. The zero-order valence-electron chi connectivity index (χ0n) is 18.1. The largest absolute Gasteiger partial charge is 0.475 e. The fourth-order valence-electron chi connectivity index (χ4n) is 3.86. The molecule has 0 aromatic heterocycles. The van der Waals surface area contributed by atoms with Crippen LogP contribution in [0.5, 0.6) is 0 Å². The van der Waals surface area contributed by atoms with Crippen molar-refractivity contribution in [1.29, 1.82) is 0 Å². The lowest BCUT2D eigenvalue weighted by Crippen LogP contribution is -2.44. The Bertz CT molecular complexity index is 783. The minimum absolute atomic E-state index is 0.0348. The number of likely N-dealkylation sites (tertiary alicyclic amines) is 1. The zero-order valence-corrected chi connectivity index (χ0v) is 18.1. The van der Waals surface area contributed by atoms with Crippen LogP contribution in [-0.4, -0.2) is 51.8 Å². The Kier molecular flexibility index (Phi) is 7.76. The standard InChI is InChI=1S/C23H31NO6/c1-5-9-16(20(26)21(27)28)13-19(25)18-12-17(15-10-7-6-8-11-15)14-24(18)22(29)30-23(2,3)4/h6-8,10-11,16-18H,5,9,12-14H2,1-4H3,(H,27,28). The maximum Gasteiger partial charge on any atom is 0.410 e. The highest BCUT2D eigenvalue weighted by atomic mass is 16.6. The minimum Gasteiger partial charge on any atom is -0.475 e. The van der Waals surface area contributed by atoms with Crippen LogP contribution in [-0.2, 0) is 19.1 Å². The minimum atomic E-state index is -1.53. The molecule has 1 aliphatic heterocycles. The van der Waals surface area contributed by atoms with Crippen molar-refractivity contribution in [2.24, 2.45) is 5.92 Å². The SMILES string of the molecule is CCCC(CC(=O)C1CC(c2ccccc2)CN1C(=O)OC(C)(C)C)C(=O)C(=O)O. The number of hydrogen-bond acceptors (Lipinski definition) is 5. The summed E-state index contributed by atoms with van der Waals surface area (Å²) in [7, 11) is 0. The zero-order chi connectivity index (χ0) is 22.5. The molecular formula is C23H31NO6. The lowest BCUT2D eigenvalue weighted by atomic mass is 9.88. The fourth-order valence-corrected chi connectivity index (χ4v) is 3.86. The maximum atomic E-state index is 13.1. The van der Waals surface area contributed by atoms with Gasteiger partial charge in [0.15, 0.2) is 5.78 Å². The predicted molar refractivity (Wildman–Crippen MR) is 111 cm³/mol. The van der Waals surface area contributed by atoms with Gasteiger partial charge in [-0.25, -0.2) is 9.59 Å². The van der Waals surface area contributed by atoms with Crippen molar-refractivity contribution in [3.05, 3.63) is 35.9 Å². The smallest absolute Gasteiger partial charge is 0.410 e. The number of ketones is 2. The van der Waals surface area contributed by atoms with Crippen LogP contribution < -0.4 is 0 Å². The van der Waals surface area contributed by atoms with Crippen molar-refractivity contribution in [3.63, 3.8) is 0 Å². The van der Waals surface area contributed by atoms with Gasteiger partial charge >= 0.3 is 12.1 Å². The molecule has 30 heavy (non-hydrogen) atoms. The molecule has 1 aromatic carbocycles. The first-order valence-corrected chi connectivity index (χ1v) is 10.4. The summed E-state index contributed by atoms with van der Waals surface area (Å²) >= 11 is 0. The molecule has 1 fully saturated rings. The molecule has 3 atom stereocenters. The summed E-state index contributed by atoms with van der Waals surface area (Å²) in [6.45, 7) is 7.45. The van der Waals surface area contributed by atoms with E-state index in [1.807, 2.05) is 37.3 Å². The average Bonchev–Trinajstić information content (AvgIpc) is 3.12. The van der Waals surface area contributed by atoms with Crippen LogP contribution in [0, 0.1) is 5.92 Å². The topological polar surface area (TPSA) is 101 Å². The van der Waals surface area contributed by atoms with Gasteiger partial charge in [0.1, 0.15) is 5.60 Å². The summed E-state index contributed by atoms with van der Waals surface area (Å²) in [5.41, 5.74) is 0.313. The number of hydrogen-bond donors (Lipinski definition) is 1. The van der Waals surface area contributed by atoms with Gasteiger partial charge in [-0.1, -0.05) is 43.7 Å². The molecule has 1 N–H and O–H groups in total. The molecule has 7 heteroatoms. The Morgan fingerprint density at radius 3 is 2.33 bits per heavy atom. The van der Waals surface area contributed by atoms with E-state index >= 15 is 0 Å². The van der Waals surface area contributed by atoms with E-state index in [1.54, 1.807) is 20.8 Å². The van der Waals surface area contributed by atoms with E-state index in [9.17, 15) is 19.2 Å². The third kappa shape index (κ3) is 6.15. The second kappa shape index (κ2) is 9.87. The number of nitrogens with zero attached hydrogens (tertiary/aromatic N) is 1. The van der Waals surface area contributed by atoms with Crippen LogP contribution in [0.4, 0.5) is 4.79 Å². The van der Waals surface area contributed by atoms with Crippen LogP contribution in [0.3, 0.4) is 0 Å². The summed E-state index contributed by atoms with van der Waals surface area (Å²) in [4.78, 5) is 50.5. The number of Topliss-reactive ketones (excluding diaryl/α,β-unsaturated/α-hetero) is 2. The Labute approximate surface area is 177 Å². The van der Waals surface area contributed by atoms with Gasteiger partial charge in [0.05, 0.1) is 6.04 Å². The molecule has 1 aliphatic rings. The maximum absolute atomic E-state index is 13.1. The lowest BCUT2D eigenvalue weighted by molar-refractivity contribution is -0.151. The van der Waals surface area contributed by atoms with E-state index in [0.717, 1.165) is 5.56 Å². The van der Waals surface area contributed by atoms with Gasteiger partial charge in [-0.2, -0.15) is 0 Å². The number of carboxylic acids is 1. The highest BCUT2D eigenvalue weighted by Crippen LogP contribution is 2.34. The molecule has 164 valence electrons. The first kappa shape index (κ1) is 23.6. The summed E-state index contributed by atoms with van der Waals surface area (Å²) in [6.07, 6.45) is 0.561. The first-order valence-electron chi connectivity index (χ1n) is 10.4. The van der Waals surface area contributed by atoms with Gasteiger partial charge in [-0.15, -0.1) is 0 Å². The second-order valence-corrected chi connectivity index (χ2v) is 8.82. The molecule has 3 unspecified atom stereocenters. The number of carboxylic acid groups (broad SMARTS) is 1. The van der Waals surface area contributed by atoms with Crippen molar-refractivity contribution < 1.29 is 29.0 Å². The molecule has 1 aromatic rings. The highest BCUT2D eigenvalue weighted by Gasteiger charge is 2.42. The number of carbonyl (C=O) groups excluding carboxylic acids is 3. The van der Waals surface area contributed by atoms with E-state index in [2.05, 4.69) is 0 Å². The van der Waals surface area contributed by atoms with E-state index in [4.69, 9.17) is 9.84 Å². The molecule has 0 bridgehead atoms. The number of benzene rings is 1. The quantitative estimate of drug-likeness (QED) is 0.646. The highest BCUT2D eigenvalue weighted by molar-refractivity contribution is 6.33. The fraction of sp³-hybridized carbons (Fsp3) is 0.565. The summed E-state index contributed by atoms with van der Waals surface area (Å²) in [6, 6.07) is 8.89. The summed E-state index contributed by atoms with van der Waals surface area (Å²) < 4.78 is 5.50. The Morgan fingerprint density at radius 2 is 1.80 bits per heavy atom. The summed E-state index contributed by atoms with van der Waals surface area (Å²) in [5, 5.41) is 9.07. The van der Waals surface area contributed by atoms with E-state index in [-0.39, 0.29) is 18.1 Å². The van der Waals surface area contributed by atoms with Gasteiger partial charge in [0, 0.05) is 24.8 Å². The Hall–Kier alpha value is -2.70. The Balaban J connectivity index is 2.25. The lowest BCUT2D eigenvalue weighted by Gasteiger charge is -2.28. The van der Waals surface area contributed by atoms with Crippen LogP contribution in [0.2, 0.25) is 0 Å². The third-order valence-electron chi connectivity index (χ3n) is 5.24. The predicted octanol–water partition coefficient (Wildman–Crippen LogP) is 3.81. The summed E-state index contributed by atoms with van der Waals surface area (Å²) in [5.74, 6) is -3.69. The van der Waals surface area contributed by atoms with Crippen molar-refractivity contribution in [2.45, 2.75) is 70.9 Å². The van der Waals surface area contributed by atoms with E-state index in [0.29, 0.717) is 25.8 Å². The molecule has 1 heterocycles. The second-order valence-electron chi connectivity index (χ2n) is 8.82. The van der Waals surface area contributed by atoms with E-state index in [1.165, 1.54) is 4.90 Å². The molecule has 2 rings (SSSR count). The van der Waals surface area contributed by atoms with Gasteiger partial charge < -0.3 is 9.84 Å². The molecule has 1 saturated heterocycles. The normalized spacial score (nSPS) is 19.9. The monoisotopic (exact) mass is 417 g/mol. The first-order chi connectivity index (χ1) is 14.0. The molecule has 7 nitrogen and oxygen atoms in total. The van der Waals surface area contributed by atoms with Crippen molar-refractivity contribution in [2.75, 3.05) is 6.54 Å². The number of amides is 1. The molecule has 1 amide bonds. The molecular weight excluding hydrogens is 386 g/mol. The van der Waals surface area contributed by atoms with Gasteiger partial charge in [0.2, 0.25) is 5.78 Å². The number of carbonyl (C=O) groups is 4. The van der Waals surface area contributed by atoms with Crippen molar-refractivity contribution in [3.8, 4) is 0 Å². The molecule has 0 saturated carbocycles. The molecule has 0 aliphatic carbocycles. The van der Waals surface area contributed by atoms with Gasteiger partial charge in [0.25, 0.3) is 0 Å². The van der Waals surface area contributed by atoms with E-state index < -0.39 is 35.4 Å². The molecule has 0 radical (unpaired) electrons. The van der Waals surface area contributed by atoms with Crippen molar-refractivity contribution >= 4 is 23.6 Å². The average molecular weight is 418 g/mol. The van der Waals surface area contributed by atoms with Gasteiger partial charge in [-0.3, -0.25) is 14.5 Å². The Morgan fingerprint density at radius 1 is 1.17 bits per heavy atom. The number of ether oxygens (including phenoxy) is 1.